The molecular weight excluding hydrogens is 480 g/mol. The van der Waals surface area contributed by atoms with Gasteiger partial charge in [0.2, 0.25) is 11.8 Å². The van der Waals surface area contributed by atoms with Crippen molar-refractivity contribution >= 4 is 17.7 Å². The average molecular weight is 513 g/mol. The van der Waals surface area contributed by atoms with Gasteiger partial charge >= 0.3 is 0 Å². The average Bonchev–Trinajstić information content (AvgIpc) is 3.65. The van der Waals surface area contributed by atoms with Crippen LogP contribution in [0.3, 0.4) is 0 Å². The molecule has 38 heavy (non-hydrogen) atoms. The Kier molecular flexibility index (Phi) is 6.40. The number of piperidine rings is 2. The smallest absolute Gasteiger partial charge is 0.255 e. The van der Waals surface area contributed by atoms with E-state index in [4.69, 9.17) is 4.74 Å². The number of likely N-dealkylation sites (tertiary alicyclic amines) is 1. The van der Waals surface area contributed by atoms with Crippen LogP contribution in [0.1, 0.15) is 71.5 Å². The van der Waals surface area contributed by atoms with Crippen LogP contribution in [-0.4, -0.2) is 53.3 Å². The maximum Gasteiger partial charge on any atom is 0.255 e. The molecule has 0 bridgehead atoms. The minimum absolute atomic E-state index is 0.121. The Labute approximate surface area is 222 Å². The molecule has 1 atom stereocenters. The van der Waals surface area contributed by atoms with E-state index in [1.54, 1.807) is 4.90 Å². The lowest BCUT2D eigenvalue weighted by atomic mass is 9.87. The van der Waals surface area contributed by atoms with Gasteiger partial charge in [0.1, 0.15) is 18.4 Å². The summed E-state index contributed by atoms with van der Waals surface area (Å²) in [6.07, 6.45) is 4.63. The van der Waals surface area contributed by atoms with Crippen LogP contribution in [0, 0.1) is 16.7 Å². The molecule has 1 aliphatic carbocycles. The van der Waals surface area contributed by atoms with Gasteiger partial charge in [0.05, 0.1) is 11.5 Å². The first kappa shape index (κ1) is 24.6. The van der Waals surface area contributed by atoms with Crippen LogP contribution >= 0.6 is 0 Å². The maximum absolute atomic E-state index is 13.0. The second kappa shape index (κ2) is 9.88. The number of hydrogen-bond donors (Lipinski definition) is 1. The molecule has 0 spiro atoms. The molecule has 2 aromatic carbocycles. The molecule has 0 radical (unpaired) electrons. The van der Waals surface area contributed by atoms with Crippen molar-refractivity contribution in [3.63, 3.8) is 0 Å². The van der Waals surface area contributed by atoms with Crippen LogP contribution in [0.15, 0.2) is 42.5 Å². The summed E-state index contributed by atoms with van der Waals surface area (Å²) in [7, 11) is 0. The largest absolute Gasteiger partial charge is 0.492 e. The predicted molar refractivity (Wildman–Crippen MR) is 139 cm³/mol. The van der Waals surface area contributed by atoms with Crippen molar-refractivity contribution in [2.24, 2.45) is 5.41 Å². The van der Waals surface area contributed by atoms with Crippen molar-refractivity contribution in [2.45, 2.75) is 63.6 Å². The molecule has 3 heterocycles. The van der Waals surface area contributed by atoms with E-state index < -0.39 is 6.04 Å². The highest BCUT2D eigenvalue weighted by Crippen LogP contribution is 2.45. The van der Waals surface area contributed by atoms with Crippen LogP contribution < -0.4 is 10.1 Å². The SMILES string of the molecule is N#CC1(COc2ccc(CN3CCC(c4ccc5c(c4)CN(C4CCC(=O)NC4=O)C5=O)CC3)cc2)CC1. The van der Waals surface area contributed by atoms with Gasteiger partial charge in [0.25, 0.3) is 5.91 Å². The van der Waals surface area contributed by atoms with E-state index in [0.717, 1.165) is 56.6 Å². The maximum atomic E-state index is 13.0. The number of rotatable bonds is 7. The molecule has 3 fully saturated rings. The summed E-state index contributed by atoms with van der Waals surface area (Å²) < 4.78 is 5.83. The molecule has 3 aliphatic heterocycles. The van der Waals surface area contributed by atoms with E-state index >= 15 is 0 Å². The zero-order chi connectivity index (χ0) is 26.3. The molecule has 4 aliphatic rings. The Morgan fingerprint density at radius 2 is 1.79 bits per heavy atom. The topological polar surface area (TPSA) is 103 Å². The van der Waals surface area contributed by atoms with Crippen molar-refractivity contribution in [3.8, 4) is 11.8 Å². The Morgan fingerprint density at radius 3 is 2.47 bits per heavy atom. The Hall–Kier alpha value is -3.70. The number of carbonyl (C=O) groups excluding carboxylic acids is 3. The van der Waals surface area contributed by atoms with Gasteiger partial charge in [-0.2, -0.15) is 5.26 Å². The van der Waals surface area contributed by atoms with Gasteiger partial charge in [-0.1, -0.05) is 24.3 Å². The monoisotopic (exact) mass is 512 g/mol. The Morgan fingerprint density at radius 1 is 1.03 bits per heavy atom. The molecule has 6 rings (SSSR count). The van der Waals surface area contributed by atoms with E-state index in [1.807, 2.05) is 18.2 Å². The number of fused-ring (bicyclic) bond motifs is 1. The molecule has 8 nitrogen and oxygen atoms in total. The molecule has 2 aromatic rings. The van der Waals surface area contributed by atoms with Crippen LogP contribution in [0.2, 0.25) is 0 Å². The van der Waals surface area contributed by atoms with Crippen molar-refractivity contribution in [1.29, 1.82) is 5.26 Å². The number of carbonyl (C=O) groups is 3. The van der Waals surface area contributed by atoms with E-state index in [1.165, 1.54) is 11.1 Å². The first-order valence-electron chi connectivity index (χ1n) is 13.6. The van der Waals surface area contributed by atoms with E-state index in [0.29, 0.717) is 31.1 Å². The van der Waals surface area contributed by atoms with Crippen LogP contribution in [-0.2, 0) is 22.7 Å². The summed E-state index contributed by atoms with van der Waals surface area (Å²) in [5, 5.41) is 11.6. The number of hydrogen-bond acceptors (Lipinski definition) is 6. The number of benzene rings is 2. The van der Waals surface area contributed by atoms with Crippen molar-refractivity contribution < 1.29 is 19.1 Å². The summed E-state index contributed by atoms with van der Waals surface area (Å²) >= 11 is 0. The molecule has 8 heteroatoms. The molecule has 1 unspecified atom stereocenters. The fraction of sp³-hybridized carbons (Fsp3) is 0.467. The zero-order valence-electron chi connectivity index (χ0n) is 21.4. The lowest BCUT2D eigenvalue weighted by Gasteiger charge is -2.32. The number of amides is 3. The molecular formula is C30H32N4O4. The van der Waals surface area contributed by atoms with E-state index in [9.17, 15) is 19.6 Å². The fourth-order valence-corrected chi connectivity index (χ4v) is 5.88. The van der Waals surface area contributed by atoms with Crippen LogP contribution in [0.25, 0.3) is 0 Å². The van der Waals surface area contributed by atoms with E-state index in [2.05, 4.69) is 40.6 Å². The lowest BCUT2D eigenvalue weighted by molar-refractivity contribution is -0.136. The minimum atomic E-state index is -0.577. The molecule has 196 valence electrons. The van der Waals surface area contributed by atoms with Gasteiger partial charge in [0.15, 0.2) is 0 Å². The van der Waals surface area contributed by atoms with Crippen molar-refractivity contribution in [3.05, 3.63) is 64.7 Å². The number of ether oxygens (including phenoxy) is 1. The summed E-state index contributed by atoms with van der Waals surface area (Å²) in [5.74, 6) is 0.503. The van der Waals surface area contributed by atoms with Gasteiger partial charge in [-0.25, -0.2) is 0 Å². The number of nitrogens with zero attached hydrogens (tertiary/aromatic N) is 3. The second-order valence-electron chi connectivity index (χ2n) is 11.2. The summed E-state index contributed by atoms with van der Waals surface area (Å²) in [5.41, 5.74) is 3.90. The first-order chi connectivity index (χ1) is 18.4. The number of nitriles is 1. The normalized spacial score (nSPS) is 23.1. The molecule has 1 saturated carbocycles. The summed E-state index contributed by atoms with van der Waals surface area (Å²) in [6.45, 7) is 3.80. The Bertz CT molecular complexity index is 1300. The van der Waals surface area contributed by atoms with Gasteiger partial charge in [-0.3, -0.25) is 24.6 Å². The van der Waals surface area contributed by atoms with Gasteiger partial charge < -0.3 is 9.64 Å². The van der Waals surface area contributed by atoms with Gasteiger partial charge in [0, 0.05) is 25.1 Å². The second-order valence-corrected chi connectivity index (χ2v) is 11.2. The molecule has 1 N–H and O–H groups in total. The number of nitrogens with one attached hydrogen (secondary N) is 1. The van der Waals surface area contributed by atoms with Crippen molar-refractivity contribution in [1.82, 2.24) is 15.1 Å². The molecule has 2 saturated heterocycles. The predicted octanol–water partition coefficient (Wildman–Crippen LogP) is 3.51. The standard InChI is InChI=1S/C30H32N4O4/c31-18-30(11-12-30)19-38-24-4-1-20(2-5-24)16-33-13-9-21(10-14-33)22-3-6-25-23(15-22)17-34(29(25)37)26-7-8-27(35)32-28(26)36/h1-6,15,21,26H,7-14,16-17,19H2,(H,32,35,36). The van der Waals surface area contributed by atoms with Gasteiger partial charge in [-0.15, -0.1) is 0 Å². The van der Waals surface area contributed by atoms with Gasteiger partial charge in [-0.05, 0) is 86.0 Å². The first-order valence-corrected chi connectivity index (χ1v) is 13.6. The highest BCUT2D eigenvalue weighted by molar-refractivity contribution is 6.05. The fourth-order valence-electron chi connectivity index (χ4n) is 5.88. The third-order valence-electron chi connectivity index (χ3n) is 8.54. The van der Waals surface area contributed by atoms with Crippen LogP contribution in [0.5, 0.6) is 5.75 Å². The van der Waals surface area contributed by atoms with Crippen molar-refractivity contribution in [2.75, 3.05) is 19.7 Å². The highest BCUT2D eigenvalue weighted by atomic mass is 16.5. The quantitative estimate of drug-likeness (QED) is 0.570. The summed E-state index contributed by atoms with van der Waals surface area (Å²) in [4.78, 5) is 40.9. The lowest BCUT2D eigenvalue weighted by Crippen LogP contribution is -2.52. The molecule has 0 aromatic heterocycles. The van der Waals surface area contributed by atoms with Crippen LogP contribution in [0.4, 0.5) is 0 Å². The third kappa shape index (κ3) is 4.91. The summed E-state index contributed by atoms with van der Waals surface area (Å²) in [6, 6.07) is 16.1. The zero-order valence-corrected chi connectivity index (χ0v) is 21.4. The molecule has 3 amide bonds. The van der Waals surface area contributed by atoms with E-state index in [-0.39, 0.29) is 29.6 Å². The minimum Gasteiger partial charge on any atom is -0.492 e. The Balaban J connectivity index is 1.02. The number of imide groups is 1. The third-order valence-corrected chi connectivity index (χ3v) is 8.54. The highest BCUT2D eigenvalue weighted by Gasteiger charge is 2.44.